The van der Waals surface area contributed by atoms with Gasteiger partial charge in [-0.2, -0.15) is 0 Å². The summed E-state index contributed by atoms with van der Waals surface area (Å²) in [6.07, 6.45) is 5.47. The first-order valence-corrected chi connectivity index (χ1v) is 8.08. The zero-order chi connectivity index (χ0) is 14.9. The van der Waals surface area contributed by atoms with Crippen molar-refractivity contribution >= 4 is 5.97 Å². The first-order chi connectivity index (χ1) is 9.32. The van der Waals surface area contributed by atoms with Gasteiger partial charge in [0.05, 0.1) is 0 Å². The molecule has 2 aliphatic rings. The number of carbonyl (C=O) groups is 1. The van der Waals surface area contributed by atoms with Crippen molar-refractivity contribution in [3.8, 4) is 0 Å². The Kier molecular flexibility index (Phi) is 4.75. The van der Waals surface area contributed by atoms with E-state index in [0.717, 1.165) is 19.4 Å². The molecule has 0 amide bonds. The minimum absolute atomic E-state index is 0.317. The molecule has 0 radical (unpaired) electrons. The van der Waals surface area contributed by atoms with Gasteiger partial charge in [-0.3, -0.25) is 15.0 Å². The van der Waals surface area contributed by atoms with Crippen molar-refractivity contribution < 1.29 is 9.90 Å². The van der Waals surface area contributed by atoms with Crippen molar-refractivity contribution in [3.05, 3.63) is 0 Å². The molecule has 2 saturated carbocycles. The van der Waals surface area contributed by atoms with E-state index in [0.29, 0.717) is 30.5 Å². The van der Waals surface area contributed by atoms with Crippen molar-refractivity contribution in [3.63, 3.8) is 0 Å². The maximum atomic E-state index is 11.7. The molecule has 0 aromatic heterocycles. The second-order valence-electron chi connectivity index (χ2n) is 7.43. The van der Waals surface area contributed by atoms with Crippen LogP contribution in [-0.4, -0.2) is 46.2 Å². The summed E-state index contributed by atoms with van der Waals surface area (Å²) in [5, 5.41) is 12.9. The molecule has 4 nitrogen and oxygen atoms in total. The van der Waals surface area contributed by atoms with Gasteiger partial charge in [0.1, 0.15) is 5.54 Å². The highest BCUT2D eigenvalue weighted by Gasteiger charge is 2.42. The normalized spacial score (nSPS) is 23.9. The number of nitrogens with one attached hydrogen (secondary N) is 1. The van der Waals surface area contributed by atoms with Crippen molar-refractivity contribution in [2.75, 3.05) is 6.54 Å². The van der Waals surface area contributed by atoms with Gasteiger partial charge in [-0.05, 0) is 51.9 Å². The van der Waals surface area contributed by atoms with Gasteiger partial charge in [-0.1, -0.05) is 13.8 Å². The third kappa shape index (κ3) is 4.19. The molecule has 2 N–H and O–H groups in total. The highest BCUT2D eigenvalue weighted by molar-refractivity contribution is 5.78. The smallest absolute Gasteiger partial charge is 0.323 e. The van der Waals surface area contributed by atoms with E-state index in [4.69, 9.17) is 0 Å². The minimum atomic E-state index is -0.787. The molecule has 2 atom stereocenters. The number of hydrogen-bond donors (Lipinski definition) is 2. The van der Waals surface area contributed by atoms with E-state index < -0.39 is 11.5 Å². The third-order valence-electron chi connectivity index (χ3n) is 4.43. The first kappa shape index (κ1) is 15.8. The lowest BCUT2D eigenvalue weighted by Gasteiger charge is -2.36. The Balaban J connectivity index is 1.97. The second kappa shape index (κ2) is 6.02. The summed E-state index contributed by atoms with van der Waals surface area (Å²) in [6.45, 7) is 9.59. The van der Waals surface area contributed by atoms with Gasteiger partial charge in [-0.15, -0.1) is 0 Å². The molecule has 0 spiro atoms. The van der Waals surface area contributed by atoms with Crippen LogP contribution in [0.1, 0.15) is 59.8 Å². The van der Waals surface area contributed by atoms with Gasteiger partial charge >= 0.3 is 5.97 Å². The lowest BCUT2D eigenvalue weighted by molar-refractivity contribution is -0.145. The summed E-state index contributed by atoms with van der Waals surface area (Å²) in [5.41, 5.74) is -0.787. The van der Waals surface area contributed by atoms with E-state index in [2.05, 4.69) is 31.0 Å². The molecule has 0 bridgehead atoms. The van der Waals surface area contributed by atoms with Crippen LogP contribution in [0.15, 0.2) is 0 Å². The van der Waals surface area contributed by atoms with Crippen LogP contribution in [0.25, 0.3) is 0 Å². The summed E-state index contributed by atoms with van der Waals surface area (Å²) in [6, 6.07) is 1.42. The van der Waals surface area contributed by atoms with Gasteiger partial charge in [0.2, 0.25) is 0 Å². The fourth-order valence-corrected chi connectivity index (χ4v) is 3.11. The molecule has 116 valence electrons. The molecular formula is C16H30N2O2. The summed E-state index contributed by atoms with van der Waals surface area (Å²) >= 11 is 0. The van der Waals surface area contributed by atoms with E-state index in [1.807, 2.05) is 6.92 Å². The highest BCUT2D eigenvalue weighted by atomic mass is 16.4. The molecular weight excluding hydrogens is 252 g/mol. The van der Waals surface area contributed by atoms with Crippen molar-refractivity contribution in [1.82, 2.24) is 10.2 Å². The average Bonchev–Trinajstić information content (AvgIpc) is 3.18. The van der Waals surface area contributed by atoms with Crippen molar-refractivity contribution in [1.29, 1.82) is 0 Å². The standard InChI is InChI=1S/C16H30N2O2/c1-11(2)10-18(14-7-8-14)12(3)9-16(4,15(19)20)17-13-5-6-13/h11-14,17H,5-10H2,1-4H3,(H,19,20). The maximum Gasteiger partial charge on any atom is 0.323 e. The highest BCUT2D eigenvalue weighted by Crippen LogP contribution is 2.32. The van der Waals surface area contributed by atoms with Crippen molar-refractivity contribution in [2.24, 2.45) is 5.92 Å². The minimum Gasteiger partial charge on any atom is -0.480 e. The maximum absolute atomic E-state index is 11.7. The number of carboxylic acid groups (broad SMARTS) is 1. The Morgan fingerprint density at radius 3 is 2.30 bits per heavy atom. The predicted molar refractivity (Wildman–Crippen MR) is 80.8 cm³/mol. The SMILES string of the molecule is CC(C)CN(C(C)CC(C)(NC1CC1)C(=O)O)C1CC1. The topological polar surface area (TPSA) is 52.6 Å². The van der Waals surface area contributed by atoms with Gasteiger partial charge in [-0.25, -0.2) is 0 Å². The Labute approximate surface area is 122 Å². The van der Waals surface area contributed by atoms with Gasteiger partial charge in [0.25, 0.3) is 0 Å². The number of hydrogen-bond acceptors (Lipinski definition) is 3. The Bertz CT molecular complexity index is 350. The fraction of sp³-hybridized carbons (Fsp3) is 0.938. The molecule has 0 aliphatic heterocycles. The van der Waals surface area contributed by atoms with Gasteiger partial charge in [0, 0.05) is 24.7 Å². The summed E-state index contributed by atoms with van der Waals surface area (Å²) in [4.78, 5) is 14.2. The third-order valence-corrected chi connectivity index (χ3v) is 4.43. The van der Waals surface area contributed by atoms with E-state index >= 15 is 0 Å². The molecule has 0 aromatic rings. The summed E-state index contributed by atoms with van der Waals surface area (Å²) in [5.74, 6) is -0.0814. The molecule has 2 unspecified atom stereocenters. The molecule has 4 heteroatoms. The molecule has 0 aromatic carbocycles. The lowest BCUT2D eigenvalue weighted by atomic mass is 9.92. The van der Waals surface area contributed by atoms with Crippen LogP contribution in [-0.2, 0) is 4.79 Å². The van der Waals surface area contributed by atoms with Crippen LogP contribution in [0.4, 0.5) is 0 Å². The largest absolute Gasteiger partial charge is 0.480 e. The van der Waals surface area contributed by atoms with E-state index in [9.17, 15) is 9.90 Å². The van der Waals surface area contributed by atoms with E-state index in [-0.39, 0.29) is 0 Å². The summed E-state index contributed by atoms with van der Waals surface area (Å²) < 4.78 is 0. The number of nitrogens with zero attached hydrogens (tertiary/aromatic N) is 1. The van der Waals surface area contributed by atoms with Crippen LogP contribution >= 0.6 is 0 Å². The van der Waals surface area contributed by atoms with Gasteiger partial charge in [0.15, 0.2) is 0 Å². The number of rotatable bonds is 9. The zero-order valence-corrected chi connectivity index (χ0v) is 13.4. The quantitative estimate of drug-likeness (QED) is 0.682. The predicted octanol–water partition coefficient (Wildman–Crippen LogP) is 2.48. The van der Waals surface area contributed by atoms with Crippen LogP contribution in [0.5, 0.6) is 0 Å². The second-order valence-corrected chi connectivity index (χ2v) is 7.43. The zero-order valence-electron chi connectivity index (χ0n) is 13.4. The van der Waals surface area contributed by atoms with E-state index in [1.54, 1.807) is 0 Å². The number of aliphatic carboxylic acids is 1. The Morgan fingerprint density at radius 2 is 1.90 bits per heavy atom. The van der Waals surface area contributed by atoms with Crippen LogP contribution in [0, 0.1) is 5.92 Å². The molecule has 2 rings (SSSR count). The molecule has 20 heavy (non-hydrogen) atoms. The first-order valence-electron chi connectivity index (χ1n) is 8.08. The van der Waals surface area contributed by atoms with Crippen LogP contribution < -0.4 is 5.32 Å². The Morgan fingerprint density at radius 1 is 1.30 bits per heavy atom. The van der Waals surface area contributed by atoms with E-state index in [1.165, 1.54) is 12.8 Å². The molecule has 0 heterocycles. The molecule has 0 saturated heterocycles. The fourth-order valence-electron chi connectivity index (χ4n) is 3.11. The van der Waals surface area contributed by atoms with Crippen molar-refractivity contribution in [2.45, 2.75) is 83.5 Å². The van der Waals surface area contributed by atoms with Crippen LogP contribution in [0.2, 0.25) is 0 Å². The average molecular weight is 282 g/mol. The summed E-state index contributed by atoms with van der Waals surface area (Å²) in [7, 11) is 0. The lowest BCUT2D eigenvalue weighted by Crippen LogP contribution is -2.54. The monoisotopic (exact) mass is 282 g/mol. The molecule has 2 aliphatic carbocycles. The molecule has 2 fully saturated rings. The number of carboxylic acids is 1. The Hall–Kier alpha value is -0.610. The van der Waals surface area contributed by atoms with Crippen LogP contribution in [0.3, 0.4) is 0 Å². The van der Waals surface area contributed by atoms with Gasteiger partial charge < -0.3 is 5.11 Å².